The molecular formula is C19H22N2O3S. The van der Waals surface area contributed by atoms with E-state index in [1.165, 1.54) is 0 Å². The minimum absolute atomic E-state index is 0.172. The molecule has 0 unspecified atom stereocenters. The Labute approximate surface area is 152 Å². The third-order valence-corrected chi connectivity index (χ3v) is 4.53. The van der Waals surface area contributed by atoms with Crippen molar-refractivity contribution in [1.29, 1.82) is 0 Å². The highest BCUT2D eigenvalue weighted by atomic mass is 32.1. The van der Waals surface area contributed by atoms with Gasteiger partial charge < -0.3 is 19.8 Å². The van der Waals surface area contributed by atoms with Crippen molar-refractivity contribution in [3.05, 3.63) is 63.9 Å². The Kier molecular flexibility index (Phi) is 6.33. The molecule has 1 amide bonds. The molecule has 1 saturated heterocycles. The maximum atomic E-state index is 12.2. The molecule has 2 N–H and O–H groups in total. The van der Waals surface area contributed by atoms with Crippen LogP contribution in [-0.4, -0.2) is 30.2 Å². The van der Waals surface area contributed by atoms with Crippen molar-refractivity contribution in [2.75, 3.05) is 13.2 Å². The number of carbonyl (C=O) groups is 1. The summed E-state index contributed by atoms with van der Waals surface area (Å²) in [5, 5.41) is 2.89. The van der Waals surface area contributed by atoms with Crippen LogP contribution in [0.4, 0.5) is 0 Å². The lowest BCUT2D eigenvalue weighted by atomic mass is 10.1. The van der Waals surface area contributed by atoms with Gasteiger partial charge in [0, 0.05) is 26.0 Å². The van der Waals surface area contributed by atoms with Gasteiger partial charge in [-0.3, -0.25) is 4.79 Å². The molecule has 0 saturated carbocycles. The summed E-state index contributed by atoms with van der Waals surface area (Å²) in [6, 6.07) is 11.6. The minimum Gasteiger partial charge on any atom is -0.381 e. The Balaban J connectivity index is 1.48. The van der Waals surface area contributed by atoms with Gasteiger partial charge in [-0.2, -0.15) is 0 Å². The summed E-state index contributed by atoms with van der Waals surface area (Å²) in [5.41, 5.74) is 2.65. The van der Waals surface area contributed by atoms with E-state index >= 15 is 0 Å². The van der Waals surface area contributed by atoms with E-state index in [4.69, 9.17) is 21.7 Å². The number of hydrogen-bond donors (Lipinski definition) is 2. The molecule has 1 fully saturated rings. The highest BCUT2D eigenvalue weighted by molar-refractivity contribution is 7.71. The smallest absolute Gasteiger partial charge is 0.254 e. The summed E-state index contributed by atoms with van der Waals surface area (Å²) in [4.78, 5) is 15.0. The number of pyridine rings is 1. The van der Waals surface area contributed by atoms with Gasteiger partial charge in [0.1, 0.15) is 4.64 Å². The van der Waals surface area contributed by atoms with Gasteiger partial charge in [-0.15, -0.1) is 0 Å². The normalized spacial score (nSPS) is 15.0. The van der Waals surface area contributed by atoms with Gasteiger partial charge in [0.05, 0.1) is 18.3 Å². The van der Waals surface area contributed by atoms with Crippen molar-refractivity contribution in [2.45, 2.75) is 32.1 Å². The van der Waals surface area contributed by atoms with Gasteiger partial charge in [-0.05, 0) is 36.1 Å². The van der Waals surface area contributed by atoms with E-state index in [1.807, 2.05) is 24.3 Å². The first kappa shape index (κ1) is 17.8. The Morgan fingerprint density at radius 1 is 1.20 bits per heavy atom. The number of carbonyl (C=O) groups excluding carboxylic acids is 1. The first-order valence-electron chi connectivity index (χ1n) is 8.45. The highest BCUT2D eigenvalue weighted by Gasteiger charge is 2.14. The van der Waals surface area contributed by atoms with Gasteiger partial charge in [-0.25, -0.2) is 0 Å². The van der Waals surface area contributed by atoms with Crippen molar-refractivity contribution < 1.29 is 14.3 Å². The first-order chi connectivity index (χ1) is 12.2. The fraction of sp³-hybridized carbons (Fsp3) is 0.368. The summed E-state index contributed by atoms with van der Waals surface area (Å²) in [5.74, 6) is -0.172. The number of aromatic nitrogens is 1. The second-order valence-corrected chi connectivity index (χ2v) is 6.44. The van der Waals surface area contributed by atoms with Gasteiger partial charge in [0.25, 0.3) is 5.91 Å². The van der Waals surface area contributed by atoms with E-state index in [0.717, 1.165) is 37.2 Å². The van der Waals surface area contributed by atoms with Crippen molar-refractivity contribution in [2.24, 2.45) is 0 Å². The number of hydrogen-bond acceptors (Lipinski definition) is 4. The second-order valence-electron chi connectivity index (χ2n) is 6.03. The van der Waals surface area contributed by atoms with E-state index in [-0.39, 0.29) is 5.91 Å². The third-order valence-electron chi connectivity index (χ3n) is 4.19. The maximum absolute atomic E-state index is 12.2. The zero-order chi connectivity index (χ0) is 17.5. The van der Waals surface area contributed by atoms with Gasteiger partial charge >= 0.3 is 0 Å². The Morgan fingerprint density at radius 2 is 1.92 bits per heavy atom. The number of nitrogens with one attached hydrogen (secondary N) is 2. The molecule has 1 aromatic heterocycles. The fourth-order valence-electron chi connectivity index (χ4n) is 2.69. The average Bonchev–Trinajstić information content (AvgIpc) is 2.66. The molecule has 0 aliphatic carbocycles. The van der Waals surface area contributed by atoms with Gasteiger partial charge in [-0.1, -0.05) is 36.5 Å². The number of amides is 1. The topological polar surface area (TPSA) is 63.4 Å². The SMILES string of the molecule is O=C(NCc1ccc(COC2CCOCC2)cc1)c1ccc[nH]c1=S. The molecule has 132 valence electrons. The molecule has 0 atom stereocenters. The van der Waals surface area contributed by atoms with Crippen LogP contribution in [0, 0.1) is 4.64 Å². The molecule has 1 aliphatic rings. The predicted octanol–water partition coefficient (Wildman–Crippen LogP) is 3.37. The predicted molar refractivity (Wildman–Crippen MR) is 97.9 cm³/mol. The van der Waals surface area contributed by atoms with E-state index in [9.17, 15) is 4.79 Å². The summed E-state index contributed by atoms with van der Waals surface area (Å²) in [7, 11) is 0. The zero-order valence-electron chi connectivity index (χ0n) is 14.0. The van der Waals surface area contributed by atoms with Crippen LogP contribution in [0.5, 0.6) is 0 Å². The monoisotopic (exact) mass is 358 g/mol. The van der Waals surface area contributed by atoms with Crippen LogP contribution >= 0.6 is 12.2 Å². The Morgan fingerprint density at radius 3 is 2.64 bits per heavy atom. The Bertz CT molecular complexity index is 752. The van der Waals surface area contributed by atoms with E-state index in [2.05, 4.69) is 10.3 Å². The maximum Gasteiger partial charge on any atom is 0.254 e. The average molecular weight is 358 g/mol. The van der Waals surface area contributed by atoms with Crippen LogP contribution in [-0.2, 0) is 22.6 Å². The molecule has 2 aromatic rings. The zero-order valence-corrected chi connectivity index (χ0v) is 14.8. The van der Waals surface area contributed by atoms with Crippen LogP contribution in [0.3, 0.4) is 0 Å². The molecule has 3 rings (SSSR count). The van der Waals surface area contributed by atoms with Crippen molar-refractivity contribution in [3.8, 4) is 0 Å². The number of ether oxygens (including phenoxy) is 2. The largest absolute Gasteiger partial charge is 0.381 e. The number of aromatic amines is 1. The molecule has 6 heteroatoms. The summed E-state index contributed by atoms with van der Waals surface area (Å²) in [6.07, 6.45) is 3.93. The molecule has 0 bridgehead atoms. The highest BCUT2D eigenvalue weighted by Crippen LogP contribution is 2.14. The fourth-order valence-corrected chi connectivity index (χ4v) is 2.92. The van der Waals surface area contributed by atoms with E-state index in [1.54, 1.807) is 18.3 Å². The van der Waals surface area contributed by atoms with Crippen molar-refractivity contribution in [3.63, 3.8) is 0 Å². The quantitative estimate of drug-likeness (QED) is 0.777. The van der Waals surface area contributed by atoms with E-state index in [0.29, 0.717) is 29.5 Å². The standard InChI is InChI=1S/C19H22N2O3S/c22-18(17-2-1-9-20-19(17)25)21-12-14-3-5-15(6-4-14)13-24-16-7-10-23-11-8-16/h1-6,9,16H,7-8,10-13H2,(H,20,25)(H,21,22). The second kappa shape index (κ2) is 8.89. The molecule has 5 nitrogen and oxygen atoms in total. The van der Waals surface area contributed by atoms with Crippen LogP contribution in [0.25, 0.3) is 0 Å². The summed E-state index contributed by atoms with van der Waals surface area (Å²) >= 11 is 5.12. The molecule has 0 radical (unpaired) electrons. The van der Waals surface area contributed by atoms with Crippen molar-refractivity contribution >= 4 is 18.1 Å². The van der Waals surface area contributed by atoms with Crippen LogP contribution < -0.4 is 5.32 Å². The van der Waals surface area contributed by atoms with Crippen LogP contribution in [0.1, 0.15) is 34.3 Å². The molecule has 1 aromatic carbocycles. The lowest BCUT2D eigenvalue weighted by Crippen LogP contribution is -2.23. The molecule has 1 aliphatic heterocycles. The number of benzene rings is 1. The number of H-pyrrole nitrogens is 1. The van der Waals surface area contributed by atoms with Crippen LogP contribution in [0.15, 0.2) is 42.6 Å². The third kappa shape index (κ3) is 5.22. The van der Waals surface area contributed by atoms with Crippen molar-refractivity contribution in [1.82, 2.24) is 10.3 Å². The van der Waals surface area contributed by atoms with Gasteiger partial charge in [0.15, 0.2) is 0 Å². The van der Waals surface area contributed by atoms with Crippen LogP contribution in [0.2, 0.25) is 0 Å². The van der Waals surface area contributed by atoms with Gasteiger partial charge in [0.2, 0.25) is 0 Å². The molecule has 0 spiro atoms. The molecule has 25 heavy (non-hydrogen) atoms. The summed E-state index contributed by atoms with van der Waals surface area (Å²) < 4.78 is 11.7. The minimum atomic E-state index is -0.172. The van der Waals surface area contributed by atoms with E-state index < -0.39 is 0 Å². The Hall–Kier alpha value is -2.02. The molecular weight excluding hydrogens is 336 g/mol. The lowest BCUT2D eigenvalue weighted by molar-refractivity contribution is -0.0390. The summed E-state index contributed by atoms with van der Waals surface area (Å²) in [6.45, 7) is 2.64. The molecule has 2 heterocycles. The number of rotatable bonds is 6. The lowest BCUT2D eigenvalue weighted by Gasteiger charge is -2.22. The first-order valence-corrected chi connectivity index (χ1v) is 8.86.